The first-order valence-corrected chi connectivity index (χ1v) is 8.09. The van der Waals surface area contributed by atoms with Crippen LogP contribution in [0.5, 0.6) is 0 Å². The first kappa shape index (κ1) is 17.8. The Hall–Kier alpha value is -1.28. The highest BCUT2D eigenvalue weighted by atomic mass is 32.2. The summed E-state index contributed by atoms with van der Waals surface area (Å²) in [7, 11) is -3.73. The molecule has 0 bridgehead atoms. The molecule has 3 N–H and O–H groups in total. The summed E-state index contributed by atoms with van der Waals surface area (Å²) in [6, 6.07) is 4.43. The number of anilines is 1. The van der Waals surface area contributed by atoms with Crippen LogP contribution in [0.3, 0.4) is 0 Å². The van der Waals surface area contributed by atoms with Gasteiger partial charge >= 0.3 is 6.18 Å². The van der Waals surface area contributed by atoms with Crippen molar-refractivity contribution in [2.45, 2.75) is 43.7 Å². The highest BCUT2D eigenvalue weighted by molar-refractivity contribution is 7.89. The first-order valence-electron chi connectivity index (χ1n) is 6.60. The summed E-state index contributed by atoms with van der Waals surface area (Å²) in [4.78, 5) is 0.0213. The van der Waals surface area contributed by atoms with E-state index < -0.39 is 22.6 Å². The van der Waals surface area contributed by atoms with Crippen molar-refractivity contribution in [3.8, 4) is 0 Å². The van der Waals surface area contributed by atoms with Crippen LogP contribution in [0.1, 0.15) is 31.7 Å². The van der Waals surface area contributed by atoms with Crippen LogP contribution in [0, 0.1) is 0 Å². The average molecular weight is 324 g/mol. The van der Waals surface area contributed by atoms with Crippen molar-refractivity contribution in [2.75, 3.05) is 12.3 Å². The molecule has 0 heterocycles. The molecule has 0 unspecified atom stereocenters. The number of halogens is 3. The van der Waals surface area contributed by atoms with Gasteiger partial charge in [0.25, 0.3) is 0 Å². The van der Waals surface area contributed by atoms with E-state index in [4.69, 9.17) is 5.73 Å². The lowest BCUT2D eigenvalue weighted by Crippen LogP contribution is -2.25. The van der Waals surface area contributed by atoms with Crippen molar-refractivity contribution in [3.05, 3.63) is 23.8 Å². The molecule has 0 saturated carbocycles. The van der Waals surface area contributed by atoms with E-state index in [1.165, 1.54) is 12.1 Å². The zero-order chi connectivity index (χ0) is 16.1. The lowest BCUT2D eigenvalue weighted by Gasteiger charge is -2.10. The number of nitrogens with one attached hydrogen (secondary N) is 1. The molecular formula is C13H19F3N2O2S. The van der Waals surface area contributed by atoms with Gasteiger partial charge < -0.3 is 5.73 Å². The van der Waals surface area contributed by atoms with Gasteiger partial charge in [-0.15, -0.1) is 0 Å². The number of rotatable bonds is 7. The largest absolute Gasteiger partial charge is 0.398 e. The maximum Gasteiger partial charge on any atom is 0.389 e. The lowest BCUT2D eigenvalue weighted by atomic mass is 10.1. The van der Waals surface area contributed by atoms with Gasteiger partial charge in [-0.05, 0) is 37.0 Å². The van der Waals surface area contributed by atoms with Gasteiger partial charge in [0.2, 0.25) is 10.0 Å². The van der Waals surface area contributed by atoms with Gasteiger partial charge in [-0.1, -0.05) is 13.0 Å². The Labute approximate surface area is 122 Å². The second-order valence-corrected chi connectivity index (χ2v) is 6.45. The Kier molecular flexibility index (Phi) is 6.03. The van der Waals surface area contributed by atoms with Gasteiger partial charge in [0, 0.05) is 18.7 Å². The van der Waals surface area contributed by atoms with Crippen molar-refractivity contribution in [2.24, 2.45) is 0 Å². The minimum Gasteiger partial charge on any atom is -0.398 e. The van der Waals surface area contributed by atoms with Gasteiger partial charge in [0.1, 0.15) is 0 Å². The smallest absolute Gasteiger partial charge is 0.389 e. The SMILES string of the molecule is CCc1ccc(S(=O)(=O)NCCCCC(F)(F)F)cc1N. The van der Waals surface area contributed by atoms with E-state index in [9.17, 15) is 21.6 Å². The maximum atomic E-state index is 12.0. The molecule has 0 aliphatic carbocycles. The number of nitrogen functional groups attached to an aromatic ring is 1. The quantitative estimate of drug-likeness (QED) is 0.598. The van der Waals surface area contributed by atoms with E-state index in [0.717, 1.165) is 5.56 Å². The first-order chi connectivity index (χ1) is 9.65. The fourth-order valence-electron chi connectivity index (χ4n) is 1.80. The molecule has 1 aromatic carbocycles. The highest BCUT2D eigenvalue weighted by Crippen LogP contribution is 2.22. The Bertz CT molecular complexity index is 571. The zero-order valence-electron chi connectivity index (χ0n) is 11.7. The zero-order valence-corrected chi connectivity index (χ0v) is 12.5. The number of nitrogens with two attached hydrogens (primary N) is 1. The number of benzene rings is 1. The molecule has 0 aliphatic heterocycles. The number of hydrogen-bond donors (Lipinski definition) is 2. The van der Waals surface area contributed by atoms with E-state index in [0.29, 0.717) is 12.1 Å². The Morgan fingerprint density at radius 3 is 2.43 bits per heavy atom. The van der Waals surface area contributed by atoms with Crippen LogP contribution in [-0.4, -0.2) is 21.1 Å². The molecule has 1 aromatic rings. The fraction of sp³-hybridized carbons (Fsp3) is 0.538. The van der Waals surface area contributed by atoms with E-state index >= 15 is 0 Å². The van der Waals surface area contributed by atoms with Crippen molar-refractivity contribution in [1.82, 2.24) is 4.72 Å². The van der Waals surface area contributed by atoms with Crippen LogP contribution in [0.15, 0.2) is 23.1 Å². The summed E-state index contributed by atoms with van der Waals surface area (Å²) in [5.74, 6) is 0. The predicted octanol–water partition coefficient (Wildman–Crippen LogP) is 2.84. The summed E-state index contributed by atoms with van der Waals surface area (Å²) in [5, 5.41) is 0. The molecule has 120 valence electrons. The van der Waals surface area contributed by atoms with Crippen molar-refractivity contribution in [1.29, 1.82) is 0 Å². The fourth-order valence-corrected chi connectivity index (χ4v) is 2.91. The Morgan fingerprint density at radius 2 is 1.90 bits per heavy atom. The summed E-state index contributed by atoms with van der Waals surface area (Å²) in [5.41, 5.74) is 6.97. The number of sulfonamides is 1. The highest BCUT2D eigenvalue weighted by Gasteiger charge is 2.26. The van der Waals surface area contributed by atoms with Crippen LogP contribution >= 0.6 is 0 Å². The minimum absolute atomic E-state index is 0.0213. The molecule has 0 saturated heterocycles. The Morgan fingerprint density at radius 1 is 1.24 bits per heavy atom. The second kappa shape index (κ2) is 7.13. The Balaban J connectivity index is 2.56. The van der Waals surface area contributed by atoms with Crippen molar-refractivity contribution >= 4 is 15.7 Å². The number of alkyl halides is 3. The third-order valence-corrected chi connectivity index (χ3v) is 4.45. The topological polar surface area (TPSA) is 72.2 Å². The second-order valence-electron chi connectivity index (χ2n) is 4.68. The molecule has 0 atom stereocenters. The molecule has 8 heteroatoms. The lowest BCUT2D eigenvalue weighted by molar-refractivity contribution is -0.135. The van der Waals surface area contributed by atoms with Crippen LogP contribution in [0.25, 0.3) is 0 Å². The molecule has 0 spiro atoms. The van der Waals surface area contributed by atoms with Crippen LogP contribution < -0.4 is 10.5 Å². The molecule has 1 rings (SSSR count). The number of unbranched alkanes of at least 4 members (excludes halogenated alkanes) is 1. The summed E-state index contributed by atoms with van der Waals surface area (Å²) in [6.07, 6.45) is -4.41. The van der Waals surface area contributed by atoms with Gasteiger partial charge in [0.15, 0.2) is 0 Å². The number of hydrogen-bond acceptors (Lipinski definition) is 3. The molecule has 21 heavy (non-hydrogen) atoms. The van der Waals surface area contributed by atoms with Crippen molar-refractivity contribution in [3.63, 3.8) is 0 Å². The predicted molar refractivity (Wildman–Crippen MR) is 75.3 cm³/mol. The van der Waals surface area contributed by atoms with Gasteiger partial charge in [0.05, 0.1) is 4.90 Å². The molecule has 4 nitrogen and oxygen atoms in total. The molecule has 0 aromatic heterocycles. The van der Waals surface area contributed by atoms with Gasteiger partial charge in [-0.25, -0.2) is 13.1 Å². The standard InChI is InChI=1S/C13H19F3N2O2S/c1-2-10-5-6-11(9-12(10)17)21(19,20)18-8-4-3-7-13(14,15)16/h5-6,9,18H,2-4,7-8,17H2,1H3. The van der Waals surface area contributed by atoms with Gasteiger partial charge in [-0.3, -0.25) is 0 Å². The van der Waals surface area contributed by atoms with Crippen LogP contribution in [-0.2, 0) is 16.4 Å². The van der Waals surface area contributed by atoms with E-state index in [1.807, 2.05) is 6.92 Å². The summed E-state index contributed by atoms with van der Waals surface area (Å²) >= 11 is 0. The molecular weight excluding hydrogens is 305 g/mol. The monoisotopic (exact) mass is 324 g/mol. The third kappa shape index (κ3) is 5.92. The molecule has 0 aliphatic rings. The van der Waals surface area contributed by atoms with Crippen molar-refractivity contribution < 1.29 is 21.6 Å². The third-order valence-electron chi connectivity index (χ3n) is 2.99. The molecule has 0 radical (unpaired) electrons. The molecule has 0 fully saturated rings. The van der Waals surface area contributed by atoms with Crippen LogP contribution in [0.2, 0.25) is 0 Å². The number of aryl methyl sites for hydroxylation is 1. The normalized spacial score (nSPS) is 12.6. The maximum absolute atomic E-state index is 12.0. The van der Waals surface area contributed by atoms with Crippen LogP contribution in [0.4, 0.5) is 18.9 Å². The summed E-state index contributed by atoms with van der Waals surface area (Å²) in [6.45, 7) is 1.87. The average Bonchev–Trinajstić information content (AvgIpc) is 2.36. The minimum atomic E-state index is -4.21. The molecule has 0 amide bonds. The van der Waals surface area contributed by atoms with E-state index in [1.54, 1.807) is 6.07 Å². The van der Waals surface area contributed by atoms with Gasteiger partial charge in [-0.2, -0.15) is 13.2 Å². The summed E-state index contributed by atoms with van der Waals surface area (Å²) < 4.78 is 62.0. The van der Waals surface area contributed by atoms with E-state index in [-0.39, 0.29) is 24.3 Å². The van der Waals surface area contributed by atoms with E-state index in [2.05, 4.69) is 4.72 Å².